The zero-order chi connectivity index (χ0) is 20.2. The smallest absolute Gasteiger partial charge is 0.272 e. The van der Waals surface area contributed by atoms with E-state index in [1.54, 1.807) is 11.8 Å². The Balaban J connectivity index is 1.42. The maximum Gasteiger partial charge on any atom is 0.272 e. The first-order valence-electron chi connectivity index (χ1n) is 10.2. The van der Waals surface area contributed by atoms with Gasteiger partial charge in [-0.05, 0) is 48.9 Å². The molecular formula is C24H27N3O2. The van der Waals surface area contributed by atoms with Gasteiger partial charge in [-0.2, -0.15) is 5.10 Å². The lowest BCUT2D eigenvalue weighted by Crippen LogP contribution is -2.39. The van der Waals surface area contributed by atoms with E-state index in [1.807, 2.05) is 42.3 Å². The Hall–Kier alpha value is -3.08. The van der Waals surface area contributed by atoms with Gasteiger partial charge in [0.15, 0.2) is 0 Å². The van der Waals surface area contributed by atoms with Crippen LogP contribution in [0, 0.1) is 5.92 Å². The zero-order valence-corrected chi connectivity index (χ0v) is 17.0. The molecule has 2 heterocycles. The molecule has 0 aliphatic carbocycles. The van der Waals surface area contributed by atoms with Crippen LogP contribution in [0.4, 0.5) is 0 Å². The van der Waals surface area contributed by atoms with E-state index in [1.165, 1.54) is 5.56 Å². The van der Waals surface area contributed by atoms with Crippen molar-refractivity contribution in [2.24, 2.45) is 13.0 Å². The zero-order valence-electron chi connectivity index (χ0n) is 17.0. The highest BCUT2D eigenvalue weighted by Crippen LogP contribution is 2.26. The van der Waals surface area contributed by atoms with Crippen molar-refractivity contribution in [1.82, 2.24) is 14.7 Å². The first kappa shape index (κ1) is 19.2. The number of likely N-dealkylation sites (tertiary alicyclic amines) is 1. The fraction of sp³-hybridized carbons (Fsp3) is 0.333. The van der Waals surface area contributed by atoms with Crippen LogP contribution in [0.2, 0.25) is 0 Å². The number of carbonyl (C=O) groups excluding carboxylic acids is 1. The number of methoxy groups -OCH3 is 1. The highest BCUT2D eigenvalue weighted by molar-refractivity contribution is 5.93. The molecule has 1 amide bonds. The molecule has 0 unspecified atom stereocenters. The number of aryl methyl sites for hydroxylation is 1. The van der Waals surface area contributed by atoms with Gasteiger partial charge in [0.2, 0.25) is 0 Å². The van der Waals surface area contributed by atoms with Gasteiger partial charge in [0, 0.05) is 25.7 Å². The Morgan fingerprint density at radius 2 is 1.83 bits per heavy atom. The minimum atomic E-state index is 0.0623. The molecule has 0 bridgehead atoms. The third-order valence-electron chi connectivity index (χ3n) is 5.73. The Morgan fingerprint density at radius 3 is 2.55 bits per heavy atom. The van der Waals surface area contributed by atoms with E-state index in [0.717, 1.165) is 49.4 Å². The van der Waals surface area contributed by atoms with Gasteiger partial charge in [-0.3, -0.25) is 9.48 Å². The number of piperidine rings is 1. The van der Waals surface area contributed by atoms with Gasteiger partial charge in [0.1, 0.15) is 11.4 Å². The standard InChI is InChI=1S/C24H27N3O2/c1-26-23(17-22(25-26)20-9-6-10-21(16-20)29-2)24(28)27-13-11-19(12-14-27)15-18-7-4-3-5-8-18/h3-10,16-17,19H,11-15H2,1-2H3. The second-order valence-corrected chi connectivity index (χ2v) is 7.70. The Morgan fingerprint density at radius 1 is 1.07 bits per heavy atom. The summed E-state index contributed by atoms with van der Waals surface area (Å²) in [5, 5.41) is 4.56. The highest BCUT2D eigenvalue weighted by Gasteiger charge is 2.26. The van der Waals surface area contributed by atoms with Crippen LogP contribution in [0.1, 0.15) is 28.9 Å². The molecule has 4 rings (SSSR count). The lowest BCUT2D eigenvalue weighted by molar-refractivity contribution is 0.0679. The fourth-order valence-electron chi connectivity index (χ4n) is 4.04. The van der Waals surface area contributed by atoms with Gasteiger partial charge in [0.05, 0.1) is 12.8 Å². The van der Waals surface area contributed by atoms with E-state index < -0.39 is 0 Å². The molecule has 0 atom stereocenters. The summed E-state index contributed by atoms with van der Waals surface area (Å²) < 4.78 is 6.99. The van der Waals surface area contributed by atoms with E-state index in [9.17, 15) is 4.79 Å². The highest BCUT2D eigenvalue weighted by atomic mass is 16.5. The number of carbonyl (C=O) groups is 1. The summed E-state index contributed by atoms with van der Waals surface area (Å²) in [5.41, 5.74) is 3.74. The molecule has 1 aliphatic rings. The van der Waals surface area contributed by atoms with Crippen LogP contribution >= 0.6 is 0 Å². The largest absolute Gasteiger partial charge is 0.497 e. The number of rotatable bonds is 5. The van der Waals surface area contributed by atoms with Gasteiger partial charge in [-0.15, -0.1) is 0 Å². The summed E-state index contributed by atoms with van der Waals surface area (Å²) in [6.45, 7) is 1.60. The van der Waals surface area contributed by atoms with E-state index in [0.29, 0.717) is 11.6 Å². The summed E-state index contributed by atoms with van der Waals surface area (Å²) >= 11 is 0. The topological polar surface area (TPSA) is 47.4 Å². The van der Waals surface area contributed by atoms with Crippen LogP contribution < -0.4 is 4.74 Å². The average Bonchev–Trinajstić information content (AvgIpc) is 3.16. The van der Waals surface area contributed by atoms with Gasteiger partial charge < -0.3 is 9.64 Å². The quantitative estimate of drug-likeness (QED) is 0.657. The van der Waals surface area contributed by atoms with E-state index >= 15 is 0 Å². The Bertz CT molecular complexity index is 973. The number of hydrogen-bond acceptors (Lipinski definition) is 3. The lowest BCUT2D eigenvalue weighted by Gasteiger charge is -2.32. The molecule has 5 nitrogen and oxygen atoms in total. The van der Waals surface area contributed by atoms with Crippen molar-refractivity contribution in [3.8, 4) is 17.0 Å². The third kappa shape index (κ3) is 4.34. The molecule has 1 fully saturated rings. The number of aromatic nitrogens is 2. The van der Waals surface area contributed by atoms with Gasteiger partial charge in [-0.25, -0.2) is 0 Å². The van der Waals surface area contributed by atoms with Crippen LogP contribution in [0.15, 0.2) is 60.7 Å². The van der Waals surface area contributed by atoms with Crippen molar-refractivity contribution in [3.05, 3.63) is 71.9 Å². The summed E-state index contributed by atoms with van der Waals surface area (Å²) in [4.78, 5) is 15.1. The second kappa shape index (κ2) is 8.52. The van der Waals surface area contributed by atoms with Crippen LogP contribution in [-0.4, -0.2) is 40.8 Å². The van der Waals surface area contributed by atoms with Crippen molar-refractivity contribution >= 4 is 5.91 Å². The molecule has 5 heteroatoms. The SMILES string of the molecule is COc1cccc(-c2cc(C(=O)N3CCC(Cc4ccccc4)CC3)n(C)n2)c1. The first-order chi connectivity index (χ1) is 14.1. The number of ether oxygens (including phenoxy) is 1. The fourth-order valence-corrected chi connectivity index (χ4v) is 4.04. The molecule has 29 heavy (non-hydrogen) atoms. The van der Waals surface area contributed by atoms with E-state index in [2.05, 4.69) is 35.4 Å². The molecule has 0 N–H and O–H groups in total. The first-order valence-corrected chi connectivity index (χ1v) is 10.2. The molecule has 1 aliphatic heterocycles. The maximum absolute atomic E-state index is 13.1. The molecule has 0 saturated carbocycles. The monoisotopic (exact) mass is 389 g/mol. The van der Waals surface area contributed by atoms with Gasteiger partial charge in [-0.1, -0.05) is 42.5 Å². The molecule has 150 valence electrons. The molecule has 0 radical (unpaired) electrons. The second-order valence-electron chi connectivity index (χ2n) is 7.70. The Labute approximate surface area is 171 Å². The van der Waals surface area contributed by atoms with Crippen molar-refractivity contribution in [1.29, 1.82) is 0 Å². The molecule has 1 saturated heterocycles. The summed E-state index contributed by atoms with van der Waals surface area (Å²) in [6.07, 6.45) is 3.18. The number of benzene rings is 2. The molecule has 2 aromatic carbocycles. The van der Waals surface area contributed by atoms with Crippen molar-refractivity contribution in [2.75, 3.05) is 20.2 Å². The number of nitrogens with zero attached hydrogens (tertiary/aromatic N) is 3. The third-order valence-corrected chi connectivity index (χ3v) is 5.73. The molecular weight excluding hydrogens is 362 g/mol. The average molecular weight is 389 g/mol. The van der Waals surface area contributed by atoms with Gasteiger partial charge in [0.25, 0.3) is 5.91 Å². The number of hydrogen-bond donors (Lipinski definition) is 0. The maximum atomic E-state index is 13.1. The summed E-state index contributed by atoms with van der Waals surface area (Å²) in [6, 6.07) is 20.2. The Kier molecular flexibility index (Phi) is 5.65. The van der Waals surface area contributed by atoms with Gasteiger partial charge >= 0.3 is 0 Å². The van der Waals surface area contributed by atoms with Crippen molar-refractivity contribution < 1.29 is 9.53 Å². The summed E-state index contributed by atoms with van der Waals surface area (Å²) in [5.74, 6) is 1.48. The van der Waals surface area contributed by atoms with Crippen molar-refractivity contribution in [3.63, 3.8) is 0 Å². The predicted molar refractivity (Wildman–Crippen MR) is 114 cm³/mol. The lowest BCUT2D eigenvalue weighted by atomic mass is 9.90. The molecule has 1 aromatic heterocycles. The van der Waals surface area contributed by atoms with E-state index in [4.69, 9.17) is 4.74 Å². The van der Waals surface area contributed by atoms with Crippen LogP contribution in [-0.2, 0) is 13.5 Å². The van der Waals surface area contributed by atoms with Crippen LogP contribution in [0.3, 0.4) is 0 Å². The van der Waals surface area contributed by atoms with Crippen molar-refractivity contribution in [2.45, 2.75) is 19.3 Å². The molecule has 3 aromatic rings. The number of amides is 1. The normalized spacial score (nSPS) is 14.8. The van der Waals surface area contributed by atoms with Crippen LogP contribution in [0.5, 0.6) is 5.75 Å². The molecule has 0 spiro atoms. The minimum Gasteiger partial charge on any atom is -0.497 e. The predicted octanol–water partition coefficient (Wildman–Crippen LogP) is 4.19. The minimum absolute atomic E-state index is 0.0623. The summed E-state index contributed by atoms with van der Waals surface area (Å²) in [7, 11) is 3.48. The van der Waals surface area contributed by atoms with E-state index in [-0.39, 0.29) is 5.91 Å². The van der Waals surface area contributed by atoms with Crippen LogP contribution in [0.25, 0.3) is 11.3 Å².